The number of hydrogen-bond donors (Lipinski definition) is 0. The summed E-state index contributed by atoms with van der Waals surface area (Å²) in [7, 11) is 0. The topological polar surface area (TPSA) is 49.6 Å². The minimum atomic E-state index is 0.412. The maximum absolute atomic E-state index is 8.25. The molecule has 1 aromatic heterocycles. The van der Waals surface area contributed by atoms with Gasteiger partial charge in [-0.15, -0.1) is 0 Å². The van der Waals surface area contributed by atoms with Gasteiger partial charge >= 0.3 is 0 Å². The molecule has 0 fully saturated rings. The Hall–Kier alpha value is -1.69. The Morgan fingerprint density at radius 3 is 2.92 bits per heavy atom. The van der Waals surface area contributed by atoms with Gasteiger partial charge in [-0.3, -0.25) is 0 Å². The molecule has 12 heavy (non-hydrogen) atoms. The van der Waals surface area contributed by atoms with Gasteiger partial charge in [-0.05, 0) is 25.1 Å². The number of hydrogen-bond acceptors (Lipinski definition) is 3. The fourth-order valence-electron chi connectivity index (χ4n) is 0.731. The van der Waals surface area contributed by atoms with Crippen molar-refractivity contribution in [1.82, 2.24) is 10.2 Å². The summed E-state index contributed by atoms with van der Waals surface area (Å²) in [5.41, 5.74) is 1.68. The number of aromatic nitrogens is 2. The molecule has 0 radical (unpaired) electrons. The lowest BCUT2D eigenvalue weighted by atomic mass is 10.3. The Labute approximate surface area is 71.4 Å². The van der Waals surface area contributed by atoms with E-state index in [1.807, 2.05) is 25.1 Å². The number of rotatable bonds is 2. The Kier molecular flexibility index (Phi) is 2.97. The first-order valence-electron chi connectivity index (χ1n) is 3.67. The molecule has 0 spiro atoms. The van der Waals surface area contributed by atoms with Gasteiger partial charge < -0.3 is 0 Å². The van der Waals surface area contributed by atoms with Crippen molar-refractivity contribution < 1.29 is 0 Å². The average molecular weight is 159 g/mol. The highest BCUT2D eigenvalue weighted by Gasteiger charge is 1.87. The maximum atomic E-state index is 8.25. The molecule has 0 aliphatic heterocycles. The molecule has 1 rings (SSSR count). The molecular formula is C9H9N3. The van der Waals surface area contributed by atoms with Crippen LogP contribution in [0.4, 0.5) is 0 Å². The predicted octanol–water partition coefficient (Wildman–Crippen LogP) is 1.71. The van der Waals surface area contributed by atoms with Gasteiger partial charge in [-0.25, -0.2) is 0 Å². The molecule has 3 nitrogen and oxygen atoms in total. The lowest BCUT2D eigenvalue weighted by Crippen LogP contribution is -1.87. The van der Waals surface area contributed by atoms with Crippen LogP contribution in [0.2, 0.25) is 0 Å². The third-order valence-corrected chi connectivity index (χ3v) is 1.32. The van der Waals surface area contributed by atoms with Crippen molar-refractivity contribution in [2.45, 2.75) is 13.3 Å². The van der Waals surface area contributed by atoms with Crippen LogP contribution >= 0.6 is 0 Å². The molecule has 0 aliphatic carbocycles. The lowest BCUT2D eigenvalue weighted by Gasteiger charge is -1.90. The van der Waals surface area contributed by atoms with E-state index in [2.05, 4.69) is 10.2 Å². The van der Waals surface area contributed by atoms with E-state index in [-0.39, 0.29) is 0 Å². The minimum Gasteiger partial charge on any atom is -0.198 e. The van der Waals surface area contributed by atoms with E-state index in [0.29, 0.717) is 6.42 Å². The van der Waals surface area contributed by atoms with Crippen LogP contribution in [0.15, 0.2) is 18.2 Å². The van der Waals surface area contributed by atoms with Crippen molar-refractivity contribution in [2.75, 3.05) is 0 Å². The van der Waals surface area contributed by atoms with Crippen molar-refractivity contribution in [3.63, 3.8) is 0 Å². The molecule has 3 heteroatoms. The Balaban J connectivity index is 2.66. The van der Waals surface area contributed by atoms with Crippen molar-refractivity contribution in [3.8, 4) is 6.07 Å². The van der Waals surface area contributed by atoms with Gasteiger partial charge in [-0.1, -0.05) is 6.08 Å². The maximum Gasteiger partial charge on any atom is 0.0854 e. The zero-order valence-corrected chi connectivity index (χ0v) is 6.86. The zero-order chi connectivity index (χ0) is 8.81. The second-order valence-corrected chi connectivity index (χ2v) is 2.36. The molecule has 0 aliphatic rings. The first-order chi connectivity index (χ1) is 5.83. The van der Waals surface area contributed by atoms with E-state index < -0.39 is 0 Å². The van der Waals surface area contributed by atoms with E-state index in [1.165, 1.54) is 0 Å². The Bertz CT molecular complexity index is 306. The molecular weight excluding hydrogens is 150 g/mol. The fourth-order valence-corrected chi connectivity index (χ4v) is 0.731. The second-order valence-electron chi connectivity index (χ2n) is 2.36. The highest BCUT2D eigenvalue weighted by Crippen LogP contribution is 1.97. The van der Waals surface area contributed by atoms with Crippen LogP contribution in [0, 0.1) is 18.3 Å². The minimum absolute atomic E-state index is 0.412. The molecule has 0 bridgehead atoms. The van der Waals surface area contributed by atoms with Crippen LogP contribution in [0.3, 0.4) is 0 Å². The first kappa shape index (κ1) is 8.41. The smallest absolute Gasteiger partial charge is 0.0854 e. The molecule has 0 unspecified atom stereocenters. The van der Waals surface area contributed by atoms with Gasteiger partial charge in [-0.2, -0.15) is 15.5 Å². The highest BCUT2D eigenvalue weighted by molar-refractivity contribution is 5.43. The van der Waals surface area contributed by atoms with Gasteiger partial charge in [0.05, 0.1) is 23.9 Å². The summed E-state index contributed by atoms with van der Waals surface area (Å²) in [5, 5.41) is 16.0. The van der Waals surface area contributed by atoms with Crippen LogP contribution in [-0.2, 0) is 0 Å². The van der Waals surface area contributed by atoms with Crippen LogP contribution < -0.4 is 0 Å². The van der Waals surface area contributed by atoms with Crippen LogP contribution in [0.1, 0.15) is 17.8 Å². The molecule has 1 heterocycles. The van der Waals surface area contributed by atoms with Gasteiger partial charge in [0.25, 0.3) is 0 Å². The molecule has 0 aromatic carbocycles. The van der Waals surface area contributed by atoms with Crippen molar-refractivity contribution in [2.24, 2.45) is 0 Å². The van der Waals surface area contributed by atoms with E-state index in [1.54, 1.807) is 12.2 Å². The number of nitriles is 1. The summed E-state index contributed by atoms with van der Waals surface area (Å²) in [6.07, 6.45) is 3.96. The molecule has 0 atom stereocenters. The number of allylic oxidation sites excluding steroid dienone is 1. The van der Waals surface area contributed by atoms with Crippen LogP contribution in [0.5, 0.6) is 0 Å². The summed E-state index contributed by atoms with van der Waals surface area (Å²) >= 11 is 0. The summed E-state index contributed by atoms with van der Waals surface area (Å²) < 4.78 is 0. The molecule has 0 amide bonds. The fraction of sp³-hybridized carbons (Fsp3) is 0.222. The number of nitrogens with zero attached hydrogens (tertiary/aromatic N) is 3. The van der Waals surface area contributed by atoms with Crippen LogP contribution in [-0.4, -0.2) is 10.2 Å². The first-order valence-corrected chi connectivity index (χ1v) is 3.67. The lowest BCUT2D eigenvalue weighted by molar-refractivity contribution is 0.969. The summed E-state index contributed by atoms with van der Waals surface area (Å²) in [5.74, 6) is 0. The Morgan fingerprint density at radius 2 is 2.33 bits per heavy atom. The monoisotopic (exact) mass is 159 g/mol. The molecule has 0 N–H and O–H groups in total. The third kappa shape index (κ3) is 2.51. The zero-order valence-electron chi connectivity index (χ0n) is 6.86. The van der Waals surface area contributed by atoms with Gasteiger partial charge in [0.15, 0.2) is 0 Å². The average Bonchev–Trinajstić information content (AvgIpc) is 2.09. The van der Waals surface area contributed by atoms with Gasteiger partial charge in [0, 0.05) is 0 Å². The summed E-state index contributed by atoms with van der Waals surface area (Å²) in [6.45, 7) is 1.88. The normalized spacial score (nSPS) is 10.0. The van der Waals surface area contributed by atoms with E-state index in [9.17, 15) is 0 Å². The van der Waals surface area contributed by atoms with Gasteiger partial charge in [0.1, 0.15) is 0 Å². The SMILES string of the molecule is Cc1ccc(C=CCC#N)nn1. The standard InChI is InChI=1S/C9H9N3/c1-8-5-6-9(12-11-8)4-2-3-7-10/h2,4-6H,3H2,1H3. The van der Waals surface area contributed by atoms with Crippen molar-refractivity contribution in [3.05, 3.63) is 29.6 Å². The molecule has 0 saturated heterocycles. The van der Waals surface area contributed by atoms with Crippen LogP contribution in [0.25, 0.3) is 6.08 Å². The molecule has 60 valence electrons. The molecule has 1 aromatic rings. The molecule has 0 saturated carbocycles. The summed E-state index contributed by atoms with van der Waals surface area (Å²) in [4.78, 5) is 0. The highest BCUT2D eigenvalue weighted by atomic mass is 15.1. The largest absolute Gasteiger partial charge is 0.198 e. The third-order valence-electron chi connectivity index (χ3n) is 1.32. The second kappa shape index (κ2) is 4.24. The van der Waals surface area contributed by atoms with Crippen molar-refractivity contribution >= 4 is 6.08 Å². The Morgan fingerprint density at radius 1 is 1.50 bits per heavy atom. The predicted molar refractivity (Wildman–Crippen MR) is 46.0 cm³/mol. The number of aryl methyl sites for hydroxylation is 1. The van der Waals surface area contributed by atoms with E-state index >= 15 is 0 Å². The van der Waals surface area contributed by atoms with E-state index in [4.69, 9.17) is 5.26 Å². The summed E-state index contributed by atoms with van der Waals surface area (Å²) in [6, 6.07) is 5.77. The van der Waals surface area contributed by atoms with E-state index in [0.717, 1.165) is 11.4 Å². The van der Waals surface area contributed by atoms with Crippen molar-refractivity contribution in [1.29, 1.82) is 5.26 Å². The quantitative estimate of drug-likeness (QED) is 0.660. The van der Waals surface area contributed by atoms with Gasteiger partial charge in [0.2, 0.25) is 0 Å².